The number of carboxylic acids is 1. The van der Waals surface area contributed by atoms with Gasteiger partial charge in [0.25, 0.3) is 0 Å². The van der Waals surface area contributed by atoms with Gasteiger partial charge in [-0.1, -0.05) is 36.2 Å². The molecule has 1 aliphatic carbocycles. The highest BCUT2D eigenvalue weighted by atomic mass is 32.2. The van der Waals surface area contributed by atoms with Crippen LogP contribution in [0.25, 0.3) is 10.9 Å². The monoisotopic (exact) mass is 409 g/mol. The Morgan fingerprint density at radius 1 is 1.28 bits per heavy atom. The average Bonchev–Trinajstić information content (AvgIpc) is 3.26. The lowest BCUT2D eigenvalue weighted by atomic mass is 10.0. The first-order chi connectivity index (χ1) is 14.0. The Kier molecular flexibility index (Phi) is 5.60. The summed E-state index contributed by atoms with van der Waals surface area (Å²) in [7, 11) is 0. The number of carboxylic acid groups (broad SMARTS) is 1. The molecule has 0 saturated carbocycles. The van der Waals surface area contributed by atoms with Gasteiger partial charge in [-0.3, -0.25) is 9.93 Å². The van der Waals surface area contributed by atoms with Crippen LogP contribution in [0, 0.1) is 5.41 Å². The van der Waals surface area contributed by atoms with E-state index in [-0.39, 0.29) is 12.3 Å². The fraction of sp³-hybridized carbons (Fsp3) is 0.273. The topological polar surface area (TPSA) is 112 Å². The molecule has 0 amide bonds. The number of aromatic nitrogens is 1. The highest BCUT2D eigenvalue weighted by molar-refractivity contribution is 7.97. The number of ether oxygens (including phenoxy) is 1. The van der Waals surface area contributed by atoms with Crippen molar-refractivity contribution in [3.63, 3.8) is 0 Å². The van der Waals surface area contributed by atoms with Gasteiger partial charge in [0.2, 0.25) is 0 Å². The molecule has 150 valence electrons. The van der Waals surface area contributed by atoms with Crippen molar-refractivity contribution in [2.45, 2.75) is 31.8 Å². The number of fused-ring (bicyclic) bond motifs is 3. The van der Waals surface area contributed by atoms with E-state index in [1.807, 2.05) is 42.5 Å². The van der Waals surface area contributed by atoms with E-state index in [2.05, 4.69) is 4.98 Å². The number of aryl methyl sites for hydroxylation is 1. The molecule has 1 heterocycles. The fourth-order valence-corrected chi connectivity index (χ4v) is 4.30. The molecule has 0 saturated heterocycles. The number of aliphatic carboxylic acids is 1. The van der Waals surface area contributed by atoms with Gasteiger partial charge in [-0.25, -0.2) is 0 Å². The van der Waals surface area contributed by atoms with Gasteiger partial charge in [0.1, 0.15) is 12.4 Å². The van der Waals surface area contributed by atoms with Crippen LogP contribution in [-0.4, -0.2) is 27.5 Å². The maximum absolute atomic E-state index is 11.1. The second-order valence-corrected chi connectivity index (χ2v) is 7.96. The number of benzene rings is 2. The normalized spacial score (nSPS) is 15.4. The molecule has 0 radical (unpaired) electrons. The molecular weight excluding hydrogens is 386 g/mol. The molecule has 0 bridgehead atoms. The Bertz CT molecular complexity index is 1060. The fourth-order valence-electron chi connectivity index (χ4n) is 3.97. The van der Waals surface area contributed by atoms with E-state index in [0.717, 1.165) is 58.3 Å². The number of rotatable bonds is 8. The first kappa shape index (κ1) is 19.5. The van der Waals surface area contributed by atoms with Crippen molar-refractivity contribution in [3.05, 3.63) is 64.8 Å². The lowest BCUT2D eigenvalue weighted by molar-refractivity contribution is -0.137. The number of carbonyl (C=O) groups is 1. The summed E-state index contributed by atoms with van der Waals surface area (Å²) in [6, 6.07) is 13.7. The van der Waals surface area contributed by atoms with Gasteiger partial charge in [0.05, 0.1) is 12.2 Å². The van der Waals surface area contributed by atoms with Crippen molar-refractivity contribution >= 4 is 34.5 Å². The Morgan fingerprint density at radius 3 is 2.79 bits per heavy atom. The van der Waals surface area contributed by atoms with Crippen molar-refractivity contribution in [1.82, 2.24) is 4.98 Å². The summed E-state index contributed by atoms with van der Waals surface area (Å²) in [4.78, 5) is 14.5. The SMILES string of the molecule is N=C(CSN)c1ccc(COc2ccc3[nH]c4c(c3c2)CCC4CC(=O)O)cc1. The average molecular weight is 410 g/mol. The number of hydrogen-bond acceptors (Lipinski definition) is 5. The zero-order valence-electron chi connectivity index (χ0n) is 15.9. The van der Waals surface area contributed by atoms with Crippen LogP contribution in [0.3, 0.4) is 0 Å². The molecule has 3 aromatic rings. The van der Waals surface area contributed by atoms with Crippen molar-refractivity contribution in [2.24, 2.45) is 5.14 Å². The molecule has 6 nitrogen and oxygen atoms in total. The quantitative estimate of drug-likeness (QED) is 0.329. The Hall–Kier alpha value is -2.77. The van der Waals surface area contributed by atoms with Crippen LogP contribution in [0.2, 0.25) is 0 Å². The molecule has 7 heteroatoms. The van der Waals surface area contributed by atoms with E-state index in [1.54, 1.807) is 0 Å². The maximum atomic E-state index is 11.1. The van der Waals surface area contributed by atoms with Gasteiger partial charge in [0, 0.05) is 28.2 Å². The van der Waals surface area contributed by atoms with E-state index in [9.17, 15) is 4.79 Å². The minimum Gasteiger partial charge on any atom is -0.489 e. The van der Waals surface area contributed by atoms with Gasteiger partial charge in [-0.15, -0.1) is 0 Å². The van der Waals surface area contributed by atoms with E-state index in [0.29, 0.717) is 18.1 Å². The third-order valence-electron chi connectivity index (χ3n) is 5.42. The number of H-pyrrole nitrogens is 1. The summed E-state index contributed by atoms with van der Waals surface area (Å²) in [6.45, 7) is 0.443. The second kappa shape index (κ2) is 8.31. The summed E-state index contributed by atoms with van der Waals surface area (Å²) in [6.07, 6.45) is 1.93. The van der Waals surface area contributed by atoms with Crippen LogP contribution >= 0.6 is 11.9 Å². The first-order valence-corrected chi connectivity index (χ1v) is 10.6. The van der Waals surface area contributed by atoms with Crippen LogP contribution < -0.4 is 9.88 Å². The van der Waals surface area contributed by atoms with Gasteiger partial charge in [-0.05, 0) is 47.7 Å². The highest BCUT2D eigenvalue weighted by Crippen LogP contribution is 2.40. The summed E-state index contributed by atoms with van der Waals surface area (Å²) in [5, 5.41) is 23.6. The third-order valence-corrected chi connectivity index (χ3v) is 5.87. The molecule has 0 fully saturated rings. The van der Waals surface area contributed by atoms with Crippen molar-refractivity contribution in [1.29, 1.82) is 5.41 Å². The lowest BCUT2D eigenvalue weighted by Gasteiger charge is -2.08. The summed E-state index contributed by atoms with van der Waals surface area (Å²) in [5.41, 5.74) is 5.72. The van der Waals surface area contributed by atoms with Gasteiger partial charge >= 0.3 is 5.97 Å². The van der Waals surface area contributed by atoms with Gasteiger partial charge in [0.15, 0.2) is 0 Å². The number of nitrogens with one attached hydrogen (secondary N) is 2. The molecule has 29 heavy (non-hydrogen) atoms. The lowest BCUT2D eigenvalue weighted by Crippen LogP contribution is -2.04. The molecule has 2 aromatic carbocycles. The highest BCUT2D eigenvalue weighted by Gasteiger charge is 2.28. The zero-order chi connectivity index (χ0) is 20.4. The van der Waals surface area contributed by atoms with Gasteiger partial charge < -0.3 is 20.2 Å². The predicted octanol–water partition coefficient (Wildman–Crippen LogP) is 4.23. The number of nitrogens with two attached hydrogens (primary N) is 1. The minimum atomic E-state index is -0.756. The third kappa shape index (κ3) is 4.16. The predicted molar refractivity (Wildman–Crippen MR) is 116 cm³/mol. The van der Waals surface area contributed by atoms with E-state index >= 15 is 0 Å². The summed E-state index contributed by atoms with van der Waals surface area (Å²) in [5.74, 6) is 0.587. The van der Waals surface area contributed by atoms with Gasteiger partial charge in [-0.2, -0.15) is 0 Å². The van der Waals surface area contributed by atoms with Crippen LogP contribution in [0.1, 0.15) is 41.1 Å². The van der Waals surface area contributed by atoms with Crippen molar-refractivity contribution in [3.8, 4) is 5.75 Å². The Labute approximate surface area is 173 Å². The molecule has 5 N–H and O–H groups in total. The molecule has 0 spiro atoms. The van der Waals surface area contributed by atoms with E-state index < -0.39 is 5.97 Å². The molecule has 1 unspecified atom stereocenters. The summed E-state index contributed by atoms with van der Waals surface area (Å²) < 4.78 is 5.98. The van der Waals surface area contributed by atoms with Crippen LogP contribution in [0.5, 0.6) is 5.75 Å². The van der Waals surface area contributed by atoms with E-state index in [1.165, 1.54) is 5.56 Å². The van der Waals surface area contributed by atoms with Crippen molar-refractivity contribution < 1.29 is 14.6 Å². The zero-order valence-corrected chi connectivity index (χ0v) is 16.7. The minimum absolute atomic E-state index is 0.0641. The largest absolute Gasteiger partial charge is 0.489 e. The van der Waals surface area contributed by atoms with Crippen molar-refractivity contribution in [2.75, 3.05) is 5.75 Å². The second-order valence-electron chi connectivity index (χ2n) is 7.33. The van der Waals surface area contributed by atoms with Crippen LogP contribution in [0.4, 0.5) is 0 Å². The Morgan fingerprint density at radius 2 is 2.07 bits per heavy atom. The van der Waals surface area contributed by atoms with Crippen LogP contribution in [-0.2, 0) is 17.8 Å². The smallest absolute Gasteiger partial charge is 0.304 e. The molecule has 4 rings (SSSR count). The maximum Gasteiger partial charge on any atom is 0.304 e. The Balaban J connectivity index is 1.47. The van der Waals surface area contributed by atoms with E-state index in [4.69, 9.17) is 20.4 Å². The van der Waals surface area contributed by atoms with Crippen LogP contribution in [0.15, 0.2) is 42.5 Å². The molecule has 1 aliphatic rings. The molecular formula is C22H23N3O3S. The molecule has 1 aromatic heterocycles. The summed E-state index contributed by atoms with van der Waals surface area (Å²) >= 11 is 1.15. The number of aromatic amines is 1. The molecule has 1 atom stereocenters. The molecule has 0 aliphatic heterocycles. The first-order valence-electron chi connectivity index (χ1n) is 9.52. The number of hydrogen-bond donors (Lipinski definition) is 4. The standard InChI is InChI=1S/C22H23N3O3S/c23-19(12-29-24)14-3-1-13(2-4-14)11-28-16-6-8-20-18(10-16)17-7-5-15(9-21(26)27)22(17)25-20/h1-4,6,8,10,15,23,25H,5,7,9,11-12,24H2,(H,26,27).